The van der Waals surface area contributed by atoms with E-state index in [2.05, 4.69) is 4.98 Å². The topological polar surface area (TPSA) is 59.2 Å². The Bertz CT molecular complexity index is 792. The fourth-order valence-electron chi connectivity index (χ4n) is 3.39. The van der Waals surface area contributed by atoms with Crippen molar-refractivity contribution in [3.8, 4) is 0 Å². The van der Waals surface area contributed by atoms with Crippen LogP contribution >= 0.6 is 0 Å². The zero-order chi connectivity index (χ0) is 18.0. The first-order valence-corrected chi connectivity index (χ1v) is 8.68. The van der Waals surface area contributed by atoms with Crippen molar-refractivity contribution in [1.82, 2.24) is 4.98 Å². The van der Waals surface area contributed by atoms with Crippen LogP contribution in [-0.4, -0.2) is 23.3 Å². The molecule has 0 saturated heterocycles. The second kappa shape index (κ2) is 7.21. The number of halogens is 1. The van der Waals surface area contributed by atoms with Gasteiger partial charge >= 0.3 is 5.97 Å². The SMILES string of the molecule is CCCCOC(=O)c1[nH]c2c(c1C)C(=O)C[C@@H](c1ccc(F)cc1)C2. The summed E-state index contributed by atoms with van der Waals surface area (Å²) in [6.45, 7) is 4.19. The molecule has 0 fully saturated rings. The summed E-state index contributed by atoms with van der Waals surface area (Å²) in [6, 6.07) is 6.25. The Labute approximate surface area is 146 Å². The van der Waals surface area contributed by atoms with E-state index >= 15 is 0 Å². The fourth-order valence-corrected chi connectivity index (χ4v) is 3.39. The molecule has 5 heteroatoms. The highest BCUT2D eigenvalue weighted by Crippen LogP contribution is 2.35. The van der Waals surface area contributed by atoms with Gasteiger partial charge in [-0.3, -0.25) is 4.79 Å². The van der Waals surface area contributed by atoms with Gasteiger partial charge in [-0.2, -0.15) is 0 Å². The van der Waals surface area contributed by atoms with E-state index in [1.807, 2.05) is 6.92 Å². The predicted molar refractivity (Wildman–Crippen MR) is 92.5 cm³/mol. The third kappa shape index (κ3) is 3.50. The largest absolute Gasteiger partial charge is 0.461 e. The molecular formula is C20H22FNO3. The third-order valence-corrected chi connectivity index (χ3v) is 4.77. The number of carbonyl (C=O) groups excluding carboxylic acids is 2. The van der Waals surface area contributed by atoms with Crippen LogP contribution in [0.25, 0.3) is 0 Å². The van der Waals surface area contributed by atoms with Crippen molar-refractivity contribution >= 4 is 11.8 Å². The average molecular weight is 343 g/mol. The number of hydrogen-bond acceptors (Lipinski definition) is 3. The summed E-state index contributed by atoms with van der Waals surface area (Å²) in [5, 5.41) is 0. The van der Waals surface area contributed by atoms with Crippen LogP contribution in [-0.2, 0) is 11.2 Å². The number of aromatic amines is 1. The Kier molecular flexibility index (Phi) is 5.02. The monoisotopic (exact) mass is 343 g/mol. The number of ketones is 1. The molecule has 4 nitrogen and oxygen atoms in total. The first-order valence-electron chi connectivity index (χ1n) is 8.68. The molecule has 1 aliphatic rings. The van der Waals surface area contributed by atoms with Crippen LogP contribution in [0.5, 0.6) is 0 Å². The number of unbranched alkanes of at least 4 members (excludes halogenated alkanes) is 1. The Balaban J connectivity index is 1.84. The molecule has 0 aliphatic heterocycles. The molecule has 25 heavy (non-hydrogen) atoms. The lowest BCUT2D eigenvalue weighted by Crippen LogP contribution is -2.18. The lowest BCUT2D eigenvalue weighted by Gasteiger charge is -2.22. The molecular weight excluding hydrogens is 321 g/mol. The molecule has 0 radical (unpaired) electrons. The van der Waals surface area contributed by atoms with Crippen molar-refractivity contribution in [1.29, 1.82) is 0 Å². The number of ether oxygens (including phenoxy) is 1. The maximum Gasteiger partial charge on any atom is 0.355 e. The number of esters is 1. The minimum absolute atomic E-state index is 0.0110. The van der Waals surface area contributed by atoms with Gasteiger partial charge in [-0.05, 0) is 48.9 Å². The van der Waals surface area contributed by atoms with E-state index in [9.17, 15) is 14.0 Å². The van der Waals surface area contributed by atoms with Crippen LogP contribution in [0.3, 0.4) is 0 Å². The first kappa shape index (κ1) is 17.4. The van der Waals surface area contributed by atoms with Gasteiger partial charge in [0.05, 0.1) is 6.61 Å². The summed E-state index contributed by atoms with van der Waals surface area (Å²) in [4.78, 5) is 28.0. The summed E-state index contributed by atoms with van der Waals surface area (Å²) in [6.07, 6.45) is 2.75. The molecule has 0 bridgehead atoms. The lowest BCUT2D eigenvalue weighted by molar-refractivity contribution is 0.0492. The first-order chi connectivity index (χ1) is 12.0. The highest BCUT2D eigenvalue weighted by Gasteiger charge is 2.32. The molecule has 1 aromatic heterocycles. The molecule has 1 atom stereocenters. The molecule has 1 aliphatic carbocycles. The van der Waals surface area contributed by atoms with Crippen molar-refractivity contribution in [3.05, 3.63) is 58.2 Å². The molecule has 3 rings (SSSR count). The number of rotatable bonds is 5. The minimum Gasteiger partial charge on any atom is -0.461 e. The summed E-state index contributed by atoms with van der Waals surface area (Å²) < 4.78 is 18.4. The zero-order valence-electron chi connectivity index (χ0n) is 14.5. The molecule has 2 aromatic rings. The molecule has 1 heterocycles. The Morgan fingerprint density at radius 1 is 1.28 bits per heavy atom. The molecule has 0 unspecified atom stereocenters. The van der Waals surface area contributed by atoms with Crippen LogP contribution in [0.4, 0.5) is 4.39 Å². The Morgan fingerprint density at radius 2 is 2.00 bits per heavy atom. The van der Waals surface area contributed by atoms with E-state index in [4.69, 9.17) is 4.74 Å². The van der Waals surface area contributed by atoms with E-state index < -0.39 is 5.97 Å². The van der Waals surface area contributed by atoms with Gasteiger partial charge < -0.3 is 9.72 Å². The Morgan fingerprint density at radius 3 is 2.68 bits per heavy atom. The van der Waals surface area contributed by atoms with Crippen LogP contribution in [0.2, 0.25) is 0 Å². The second-order valence-electron chi connectivity index (χ2n) is 6.55. The van der Waals surface area contributed by atoms with Gasteiger partial charge in [0.15, 0.2) is 5.78 Å². The average Bonchev–Trinajstić information content (AvgIpc) is 2.93. The molecule has 0 spiro atoms. The van der Waals surface area contributed by atoms with Gasteiger partial charge in [-0.25, -0.2) is 9.18 Å². The fraction of sp³-hybridized carbons (Fsp3) is 0.400. The minimum atomic E-state index is -0.411. The van der Waals surface area contributed by atoms with Crippen molar-refractivity contribution in [3.63, 3.8) is 0 Å². The second-order valence-corrected chi connectivity index (χ2v) is 6.55. The van der Waals surface area contributed by atoms with Gasteiger partial charge in [0.1, 0.15) is 11.5 Å². The number of aromatic nitrogens is 1. The summed E-state index contributed by atoms with van der Waals surface area (Å²) >= 11 is 0. The quantitative estimate of drug-likeness (QED) is 0.649. The molecule has 1 N–H and O–H groups in total. The number of benzene rings is 1. The molecule has 0 amide bonds. The van der Waals surface area contributed by atoms with Gasteiger partial charge in [0.25, 0.3) is 0 Å². The normalized spacial score (nSPS) is 16.6. The van der Waals surface area contributed by atoms with Crippen molar-refractivity contribution in [2.45, 2.75) is 45.4 Å². The molecule has 0 saturated carbocycles. The summed E-state index contributed by atoms with van der Waals surface area (Å²) in [5.74, 6) is -0.703. The van der Waals surface area contributed by atoms with Gasteiger partial charge in [-0.15, -0.1) is 0 Å². The van der Waals surface area contributed by atoms with Crippen LogP contribution < -0.4 is 0 Å². The summed E-state index contributed by atoms with van der Waals surface area (Å²) in [5.41, 5.74) is 3.35. The van der Waals surface area contributed by atoms with Gasteiger partial charge in [-0.1, -0.05) is 25.5 Å². The van der Waals surface area contributed by atoms with E-state index in [0.717, 1.165) is 24.1 Å². The molecule has 1 aromatic carbocycles. The van der Waals surface area contributed by atoms with E-state index in [-0.39, 0.29) is 17.5 Å². The number of H-pyrrole nitrogens is 1. The molecule has 132 valence electrons. The van der Waals surface area contributed by atoms with Crippen molar-refractivity contribution in [2.75, 3.05) is 6.61 Å². The van der Waals surface area contributed by atoms with Crippen LogP contribution in [0.15, 0.2) is 24.3 Å². The van der Waals surface area contributed by atoms with E-state index in [1.165, 1.54) is 12.1 Å². The highest BCUT2D eigenvalue weighted by molar-refractivity contribution is 6.03. The standard InChI is InChI=1S/C20H22FNO3/c1-3-4-9-25-20(24)19-12(2)18-16(22-19)10-14(11-17(18)23)13-5-7-15(21)8-6-13/h5-8,14,22H,3-4,9-11H2,1-2H3/t14-/m0/s1. The van der Waals surface area contributed by atoms with Crippen LogP contribution in [0, 0.1) is 12.7 Å². The van der Waals surface area contributed by atoms with Crippen molar-refractivity contribution < 1.29 is 18.7 Å². The lowest BCUT2D eigenvalue weighted by atomic mass is 9.81. The summed E-state index contributed by atoms with van der Waals surface area (Å²) in [7, 11) is 0. The highest BCUT2D eigenvalue weighted by atomic mass is 19.1. The maximum absolute atomic E-state index is 13.1. The Hall–Kier alpha value is -2.43. The van der Waals surface area contributed by atoms with Gasteiger partial charge in [0, 0.05) is 17.7 Å². The number of carbonyl (C=O) groups is 2. The number of Topliss-reactive ketones (excluding diaryl/α,β-unsaturated/α-hetero) is 1. The van der Waals surface area contributed by atoms with Crippen LogP contribution in [0.1, 0.15) is 69.8 Å². The van der Waals surface area contributed by atoms with Crippen molar-refractivity contribution in [2.24, 2.45) is 0 Å². The van der Waals surface area contributed by atoms with E-state index in [0.29, 0.717) is 36.3 Å². The number of fused-ring (bicyclic) bond motifs is 1. The number of nitrogens with one attached hydrogen (secondary N) is 1. The predicted octanol–water partition coefficient (Wildman–Crippen LogP) is 4.33. The third-order valence-electron chi connectivity index (χ3n) is 4.77. The van der Waals surface area contributed by atoms with Gasteiger partial charge in [0.2, 0.25) is 0 Å². The maximum atomic E-state index is 13.1. The van der Waals surface area contributed by atoms with E-state index in [1.54, 1.807) is 19.1 Å². The zero-order valence-corrected chi connectivity index (χ0v) is 14.5. The smallest absolute Gasteiger partial charge is 0.355 e. The number of hydrogen-bond donors (Lipinski definition) is 1.